The van der Waals surface area contributed by atoms with Crippen LogP contribution in [0.25, 0.3) is 22.3 Å². The van der Waals surface area contributed by atoms with Crippen LogP contribution in [0, 0.1) is 12.8 Å². The standard InChI is InChI=1S/C25H29BrN6O3/c1-15(14-32-22-12-18(26)7-8-20(22)30-25(32)27)6-5-9-35-23-19(13-28-31(23)3)21-11-17(24(33)34-4)10-16(2)29-21/h7-8,10-13,15H,5-6,9,14H2,1-4H3,(H2,27,30). The van der Waals surface area contributed by atoms with E-state index in [4.69, 9.17) is 15.2 Å². The van der Waals surface area contributed by atoms with Crippen molar-refractivity contribution in [3.63, 3.8) is 0 Å². The highest BCUT2D eigenvalue weighted by Crippen LogP contribution is 2.30. The first-order valence-corrected chi connectivity index (χ1v) is 12.2. The molecule has 3 heterocycles. The molecular weight excluding hydrogens is 512 g/mol. The number of aromatic nitrogens is 5. The summed E-state index contributed by atoms with van der Waals surface area (Å²) in [5.74, 6) is 1.11. The van der Waals surface area contributed by atoms with Crippen LogP contribution in [0.3, 0.4) is 0 Å². The number of imidazole rings is 1. The number of ether oxygens (including phenoxy) is 2. The first-order chi connectivity index (χ1) is 16.8. The van der Waals surface area contributed by atoms with Gasteiger partial charge in [-0.3, -0.25) is 4.98 Å². The molecule has 4 rings (SSSR count). The summed E-state index contributed by atoms with van der Waals surface area (Å²) in [4.78, 5) is 21.1. The van der Waals surface area contributed by atoms with Crippen molar-refractivity contribution >= 4 is 38.9 Å². The second-order valence-electron chi connectivity index (χ2n) is 8.67. The van der Waals surface area contributed by atoms with E-state index in [2.05, 4.69) is 42.5 Å². The minimum atomic E-state index is -0.407. The highest BCUT2D eigenvalue weighted by Gasteiger charge is 2.17. The number of esters is 1. The van der Waals surface area contributed by atoms with E-state index in [0.717, 1.165) is 40.5 Å². The smallest absolute Gasteiger partial charge is 0.337 e. The van der Waals surface area contributed by atoms with Crippen LogP contribution in [0.2, 0.25) is 0 Å². The van der Waals surface area contributed by atoms with E-state index >= 15 is 0 Å². The Morgan fingerprint density at radius 3 is 2.80 bits per heavy atom. The second kappa shape index (κ2) is 10.5. The van der Waals surface area contributed by atoms with E-state index in [0.29, 0.717) is 41.3 Å². The van der Waals surface area contributed by atoms with E-state index < -0.39 is 5.97 Å². The van der Waals surface area contributed by atoms with Gasteiger partial charge in [0.15, 0.2) is 0 Å². The van der Waals surface area contributed by atoms with Crippen molar-refractivity contribution in [2.75, 3.05) is 19.5 Å². The van der Waals surface area contributed by atoms with Crippen LogP contribution in [0.15, 0.2) is 41.0 Å². The van der Waals surface area contributed by atoms with Crippen molar-refractivity contribution in [2.45, 2.75) is 33.2 Å². The molecule has 0 aliphatic rings. The van der Waals surface area contributed by atoms with Crippen molar-refractivity contribution in [1.82, 2.24) is 24.3 Å². The number of carbonyl (C=O) groups excluding carboxylic acids is 1. The minimum Gasteiger partial charge on any atom is -0.477 e. The van der Waals surface area contributed by atoms with E-state index in [9.17, 15) is 4.79 Å². The van der Waals surface area contributed by atoms with Gasteiger partial charge in [-0.25, -0.2) is 14.5 Å². The summed E-state index contributed by atoms with van der Waals surface area (Å²) in [6, 6.07) is 9.37. The zero-order chi connectivity index (χ0) is 25.1. The van der Waals surface area contributed by atoms with E-state index in [1.54, 1.807) is 23.0 Å². The van der Waals surface area contributed by atoms with Crippen LogP contribution in [0.1, 0.15) is 35.8 Å². The summed E-state index contributed by atoms with van der Waals surface area (Å²) in [5, 5.41) is 4.33. The molecule has 0 saturated heterocycles. The quantitative estimate of drug-likeness (QED) is 0.240. The number of fused-ring (bicyclic) bond motifs is 1. The fourth-order valence-electron chi connectivity index (χ4n) is 4.13. The predicted molar refractivity (Wildman–Crippen MR) is 138 cm³/mol. The number of nitrogens with zero attached hydrogens (tertiary/aromatic N) is 5. The fraction of sp³-hybridized carbons (Fsp3) is 0.360. The normalized spacial score (nSPS) is 12.1. The zero-order valence-electron chi connectivity index (χ0n) is 20.3. The lowest BCUT2D eigenvalue weighted by Crippen LogP contribution is -2.12. The van der Waals surface area contributed by atoms with Gasteiger partial charge in [-0.15, -0.1) is 0 Å². The predicted octanol–water partition coefficient (Wildman–Crippen LogP) is 4.77. The lowest BCUT2D eigenvalue weighted by atomic mass is 10.1. The van der Waals surface area contributed by atoms with E-state index in [1.165, 1.54) is 7.11 Å². The Morgan fingerprint density at radius 1 is 1.23 bits per heavy atom. The Kier molecular flexibility index (Phi) is 7.39. The summed E-state index contributed by atoms with van der Waals surface area (Å²) >= 11 is 3.53. The molecule has 1 unspecified atom stereocenters. The maximum Gasteiger partial charge on any atom is 0.337 e. The molecular formula is C25H29BrN6O3. The second-order valence-corrected chi connectivity index (χ2v) is 9.59. The summed E-state index contributed by atoms with van der Waals surface area (Å²) in [5.41, 5.74) is 10.6. The van der Waals surface area contributed by atoms with Gasteiger partial charge in [0, 0.05) is 23.8 Å². The number of hydrogen-bond acceptors (Lipinski definition) is 7. The molecule has 0 spiro atoms. The maximum absolute atomic E-state index is 12.0. The number of rotatable bonds is 9. The third kappa shape index (κ3) is 5.48. The largest absolute Gasteiger partial charge is 0.477 e. The van der Waals surface area contributed by atoms with Gasteiger partial charge in [-0.05, 0) is 56.0 Å². The van der Waals surface area contributed by atoms with Crippen molar-refractivity contribution in [3.05, 3.63) is 52.3 Å². The molecule has 9 nitrogen and oxygen atoms in total. The number of pyridine rings is 1. The van der Waals surface area contributed by atoms with Crippen LogP contribution >= 0.6 is 15.9 Å². The average molecular weight is 541 g/mol. The Bertz CT molecular complexity index is 1360. The first kappa shape index (κ1) is 24.7. The van der Waals surface area contributed by atoms with Gasteiger partial charge in [-0.2, -0.15) is 5.10 Å². The highest BCUT2D eigenvalue weighted by molar-refractivity contribution is 9.10. The molecule has 0 aliphatic heterocycles. The number of hydrogen-bond donors (Lipinski definition) is 1. The Hall–Kier alpha value is -3.40. The fourth-order valence-corrected chi connectivity index (χ4v) is 4.47. The molecule has 1 aromatic carbocycles. The van der Waals surface area contributed by atoms with Gasteiger partial charge in [-0.1, -0.05) is 22.9 Å². The van der Waals surface area contributed by atoms with Gasteiger partial charge >= 0.3 is 5.97 Å². The van der Waals surface area contributed by atoms with Crippen LogP contribution in [0.4, 0.5) is 5.95 Å². The Balaban J connectivity index is 1.39. The Morgan fingerprint density at radius 2 is 2.03 bits per heavy atom. The van der Waals surface area contributed by atoms with Crippen molar-refractivity contribution in [3.8, 4) is 17.1 Å². The molecule has 0 saturated carbocycles. The molecule has 0 fully saturated rings. The summed E-state index contributed by atoms with van der Waals surface area (Å²) in [6.45, 7) is 5.34. The SMILES string of the molecule is COC(=O)c1cc(C)nc(-c2cnn(C)c2OCCCC(C)Cn2c(N)nc3ccc(Br)cc32)c1. The maximum atomic E-state index is 12.0. The Labute approximate surface area is 212 Å². The molecule has 0 aliphatic carbocycles. The number of nitrogens with two attached hydrogens (primary N) is 1. The zero-order valence-corrected chi connectivity index (χ0v) is 21.9. The molecule has 10 heteroatoms. The molecule has 2 N–H and O–H groups in total. The van der Waals surface area contributed by atoms with Crippen LogP contribution in [-0.4, -0.2) is 44.0 Å². The highest BCUT2D eigenvalue weighted by atomic mass is 79.9. The van der Waals surface area contributed by atoms with Gasteiger partial charge in [0.1, 0.15) is 0 Å². The molecule has 3 aromatic heterocycles. The number of halogens is 1. The molecule has 35 heavy (non-hydrogen) atoms. The van der Waals surface area contributed by atoms with Crippen molar-refractivity contribution in [1.29, 1.82) is 0 Å². The minimum absolute atomic E-state index is 0.379. The van der Waals surface area contributed by atoms with Crippen LogP contribution < -0.4 is 10.5 Å². The van der Waals surface area contributed by atoms with E-state index in [-0.39, 0.29) is 0 Å². The third-order valence-electron chi connectivity index (χ3n) is 5.85. The molecule has 0 bridgehead atoms. The number of benzene rings is 1. The van der Waals surface area contributed by atoms with Gasteiger partial charge in [0.05, 0.1) is 47.8 Å². The lowest BCUT2D eigenvalue weighted by molar-refractivity contribution is 0.0600. The van der Waals surface area contributed by atoms with Crippen molar-refractivity contribution < 1.29 is 14.3 Å². The number of aryl methyl sites for hydroxylation is 2. The van der Waals surface area contributed by atoms with Gasteiger partial charge < -0.3 is 19.8 Å². The number of nitrogen functional groups attached to an aromatic ring is 1. The van der Waals surface area contributed by atoms with Gasteiger partial charge in [0.25, 0.3) is 0 Å². The molecule has 0 radical (unpaired) electrons. The summed E-state index contributed by atoms with van der Waals surface area (Å²) in [6.07, 6.45) is 3.51. The topological polar surface area (TPSA) is 110 Å². The molecule has 184 valence electrons. The monoisotopic (exact) mass is 540 g/mol. The number of methoxy groups -OCH3 is 1. The van der Waals surface area contributed by atoms with Crippen molar-refractivity contribution in [2.24, 2.45) is 13.0 Å². The summed E-state index contributed by atoms with van der Waals surface area (Å²) < 4.78 is 15.7. The van der Waals surface area contributed by atoms with Gasteiger partial charge in [0.2, 0.25) is 11.8 Å². The van der Waals surface area contributed by atoms with E-state index in [1.807, 2.05) is 32.2 Å². The lowest BCUT2D eigenvalue weighted by Gasteiger charge is -2.15. The molecule has 4 aromatic rings. The van der Waals surface area contributed by atoms with Crippen LogP contribution in [0.5, 0.6) is 5.88 Å². The first-order valence-electron chi connectivity index (χ1n) is 11.4. The molecule has 1 atom stereocenters. The average Bonchev–Trinajstić information content (AvgIpc) is 3.34. The third-order valence-corrected chi connectivity index (χ3v) is 6.34. The van der Waals surface area contributed by atoms with Crippen LogP contribution in [-0.2, 0) is 18.3 Å². The summed E-state index contributed by atoms with van der Waals surface area (Å²) in [7, 11) is 3.18. The molecule has 0 amide bonds. The number of carbonyl (C=O) groups is 1. The number of anilines is 1.